The van der Waals surface area contributed by atoms with Crippen molar-refractivity contribution < 1.29 is 28.6 Å². The van der Waals surface area contributed by atoms with Gasteiger partial charge >= 0.3 is 0 Å². The molecule has 2 fully saturated rings. The van der Waals surface area contributed by atoms with E-state index < -0.39 is 15.9 Å². The number of hydrogen-bond acceptors (Lipinski definition) is 11. The SMILES string of the molecule is CC1(C)CCC(CN2CCN(c3ccc(C(=O)NS(=O)(=O)c4cc([NH+]=O)c(NCCCN5CCCC5)s4)c(Oc4ccc5[nH]ccc5c4)c3)CC2)=C(c2ccc(Cl)cc2)C1.[OH-]. The number of nitrogens with zero attached hydrogens (tertiary/aromatic N) is 3. The number of rotatable bonds is 15. The number of amides is 1. The van der Waals surface area contributed by atoms with E-state index in [1.165, 1.54) is 35.6 Å². The van der Waals surface area contributed by atoms with Crippen LogP contribution in [0, 0.1) is 10.3 Å². The average Bonchev–Trinajstić information content (AvgIpc) is 4.03. The Morgan fingerprint density at radius 2 is 1.72 bits per heavy atom. The second-order valence-electron chi connectivity index (χ2n) is 16.9. The van der Waals surface area contributed by atoms with Crippen LogP contribution in [0.25, 0.3) is 16.5 Å². The Balaban J connectivity index is 0.00000561. The molecular formula is C45H54ClN7O6S2. The standard InChI is InChI=1S/C45H52ClN7O5S2.H2O/c1-45(2)16-14-33(38(29-45)31-6-8-34(46)9-7-31)30-52-22-24-53(25-23-52)35-10-12-37(41(27-35)58-36-11-13-39-32(26-36)15-18-47-39)43(54)50-60(56,57)42-28-40(49-55)44(59-42)48-17-5-21-51-19-3-4-20-51;/h6-13,15,18,26-28,47-48H,3-5,14,16-17,19-25,29-30H2,1-2H3,(H,50,54);1H2. The molecule has 0 atom stereocenters. The fourth-order valence-electron chi connectivity index (χ4n) is 8.55. The van der Waals surface area contributed by atoms with Gasteiger partial charge in [-0.15, -0.1) is 0 Å². The third kappa shape index (κ3) is 10.6. The summed E-state index contributed by atoms with van der Waals surface area (Å²) in [5, 5.41) is 7.14. The number of aromatic nitrogens is 1. The van der Waals surface area contributed by atoms with Crippen molar-refractivity contribution in [3.8, 4) is 11.5 Å². The molecule has 61 heavy (non-hydrogen) atoms. The van der Waals surface area contributed by atoms with Crippen LogP contribution in [0.1, 0.15) is 68.3 Å². The zero-order valence-electron chi connectivity index (χ0n) is 34.6. The topological polar surface area (TPSA) is 171 Å². The first-order chi connectivity index (χ1) is 28.9. The van der Waals surface area contributed by atoms with Crippen molar-refractivity contribution in [2.45, 2.75) is 56.6 Å². The maximum Gasteiger partial charge on any atom is 0.288 e. The van der Waals surface area contributed by atoms with Gasteiger partial charge in [0.2, 0.25) is 0 Å². The van der Waals surface area contributed by atoms with E-state index in [1.54, 1.807) is 6.07 Å². The molecule has 2 aromatic heterocycles. The summed E-state index contributed by atoms with van der Waals surface area (Å²) >= 11 is 7.16. The summed E-state index contributed by atoms with van der Waals surface area (Å²) < 4.78 is 35.8. The third-order valence-electron chi connectivity index (χ3n) is 11.9. The van der Waals surface area contributed by atoms with Crippen molar-refractivity contribution in [3.05, 3.63) is 106 Å². The molecule has 16 heteroatoms. The molecule has 5 aromatic rings. The number of halogens is 1. The number of piperazine rings is 1. The molecule has 2 saturated heterocycles. The monoisotopic (exact) mass is 887 g/mol. The molecule has 5 N–H and O–H groups in total. The molecule has 0 saturated carbocycles. The van der Waals surface area contributed by atoms with Crippen LogP contribution in [0.4, 0.5) is 16.4 Å². The molecule has 0 bridgehead atoms. The number of fused-ring (bicyclic) bond motifs is 1. The number of ether oxygens (including phenoxy) is 1. The first kappa shape index (κ1) is 44.3. The van der Waals surface area contributed by atoms with Crippen LogP contribution >= 0.6 is 22.9 Å². The van der Waals surface area contributed by atoms with Crippen molar-refractivity contribution in [1.29, 1.82) is 0 Å². The smallest absolute Gasteiger partial charge is 0.288 e. The third-order valence-corrected chi connectivity index (χ3v) is 15.1. The molecule has 3 aromatic carbocycles. The van der Waals surface area contributed by atoms with Crippen LogP contribution in [0.15, 0.2) is 88.8 Å². The van der Waals surface area contributed by atoms with Gasteiger partial charge in [0.15, 0.2) is 5.00 Å². The number of nitrogens with one attached hydrogen (secondary N) is 4. The number of sulfonamides is 1. The first-order valence-corrected chi connectivity index (χ1v) is 23.5. The summed E-state index contributed by atoms with van der Waals surface area (Å²) in [4.78, 5) is 36.1. The number of H-pyrrole nitrogens is 1. The average molecular weight is 889 g/mol. The Bertz CT molecular complexity index is 2490. The van der Waals surface area contributed by atoms with Crippen molar-refractivity contribution in [3.63, 3.8) is 0 Å². The maximum atomic E-state index is 13.9. The van der Waals surface area contributed by atoms with Crippen LogP contribution in [-0.4, -0.2) is 93.5 Å². The number of benzene rings is 3. The predicted octanol–water partition coefficient (Wildman–Crippen LogP) is 7.78. The van der Waals surface area contributed by atoms with Gasteiger partial charge in [-0.1, -0.05) is 54.5 Å². The zero-order chi connectivity index (χ0) is 41.9. The van der Waals surface area contributed by atoms with Gasteiger partial charge in [-0.2, -0.15) is 0 Å². The lowest BCUT2D eigenvalue weighted by atomic mass is 9.72. The number of likely N-dealkylation sites (tertiary alicyclic amines) is 1. The second-order valence-corrected chi connectivity index (χ2v) is 20.3. The van der Waals surface area contributed by atoms with Crippen molar-refractivity contribution in [1.82, 2.24) is 19.5 Å². The Morgan fingerprint density at radius 1 is 0.951 bits per heavy atom. The largest absolute Gasteiger partial charge is 0.870 e. The fourth-order valence-corrected chi connectivity index (χ4v) is 11.0. The van der Waals surface area contributed by atoms with E-state index in [2.05, 4.69) is 55.7 Å². The lowest BCUT2D eigenvalue weighted by Gasteiger charge is -2.39. The Morgan fingerprint density at radius 3 is 2.48 bits per heavy atom. The first-order valence-electron chi connectivity index (χ1n) is 20.8. The van der Waals surface area contributed by atoms with Crippen LogP contribution in [0.2, 0.25) is 5.02 Å². The Kier molecular flexibility index (Phi) is 13.9. The molecule has 1 aliphatic carbocycles. The molecule has 4 heterocycles. The van der Waals surface area contributed by atoms with E-state index in [-0.39, 0.29) is 32.1 Å². The number of thiophene rings is 1. The number of hydrogen-bond donors (Lipinski definition) is 4. The summed E-state index contributed by atoms with van der Waals surface area (Å²) in [7, 11) is -4.35. The minimum atomic E-state index is -4.35. The summed E-state index contributed by atoms with van der Waals surface area (Å²) in [6.07, 6.45) is 8.37. The molecule has 0 unspecified atom stereocenters. The van der Waals surface area contributed by atoms with E-state index in [0.29, 0.717) is 17.3 Å². The number of carbonyl (C=O) groups is 1. The Labute approximate surface area is 366 Å². The van der Waals surface area contributed by atoms with Gasteiger partial charge in [0.05, 0.1) is 5.56 Å². The number of carbonyl (C=O) groups excluding carboxylic acids is 1. The van der Waals surface area contributed by atoms with Gasteiger partial charge in [0, 0.05) is 89.3 Å². The number of anilines is 2. The van der Waals surface area contributed by atoms with Crippen LogP contribution in [-0.2, 0) is 10.0 Å². The fraction of sp³-hybridized carbons (Fsp3) is 0.400. The highest BCUT2D eigenvalue weighted by Gasteiger charge is 2.31. The number of nitroso groups, excluding NO2 is 1. The summed E-state index contributed by atoms with van der Waals surface area (Å²) in [5.74, 6) is -0.102. The van der Waals surface area contributed by atoms with Crippen molar-refractivity contribution in [2.75, 3.05) is 69.1 Å². The van der Waals surface area contributed by atoms with Crippen LogP contribution in [0.5, 0.6) is 11.5 Å². The highest BCUT2D eigenvalue weighted by Crippen LogP contribution is 2.43. The summed E-state index contributed by atoms with van der Waals surface area (Å²) in [6, 6.07) is 22.3. The second kappa shape index (κ2) is 19.1. The highest BCUT2D eigenvalue weighted by atomic mass is 35.5. The maximum absolute atomic E-state index is 13.9. The van der Waals surface area contributed by atoms with Gasteiger partial charge in [0.25, 0.3) is 21.6 Å². The van der Waals surface area contributed by atoms with Gasteiger partial charge in [-0.25, -0.2) is 13.1 Å². The lowest BCUT2D eigenvalue weighted by molar-refractivity contribution is -0.378. The number of allylic oxidation sites excluding steroid dienone is 1. The molecular weight excluding hydrogens is 834 g/mol. The van der Waals surface area contributed by atoms with Crippen molar-refractivity contribution in [2.24, 2.45) is 5.41 Å². The minimum Gasteiger partial charge on any atom is -0.870 e. The highest BCUT2D eigenvalue weighted by molar-refractivity contribution is 7.92. The molecule has 324 valence electrons. The predicted molar refractivity (Wildman–Crippen MR) is 243 cm³/mol. The minimum absolute atomic E-state index is 0. The van der Waals surface area contributed by atoms with E-state index in [9.17, 15) is 18.1 Å². The molecule has 2 aliphatic heterocycles. The quantitative estimate of drug-likeness (QED) is 0.0762. The lowest BCUT2D eigenvalue weighted by Crippen LogP contribution is -2.55. The van der Waals surface area contributed by atoms with Gasteiger partial charge in [-0.05, 0) is 123 Å². The molecule has 0 spiro atoms. The molecule has 1 amide bonds. The van der Waals surface area contributed by atoms with Gasteiger partial charge in [-0.3, -0.25) is 9.69 Å². The van der Waals surface area contributed by atoms with Crippen LogP contribution < -0.4 is 24.9 Å². The van der Waals surface area contributed by atoms with E-state index >= 15 is 0 Å². The number of aromatic amines is 1. The molecule has 8 rings (SSSR count). The van der Waals surface area contributed by atoms with Gasteiger partial charge < -0.3 is 30.3 Å². The van der Waals surface area contributed by atoms with Gasteiger partial charge in [0.1, 0.15) is 15.7 Å². The molecule has 0 radical (unpaired) electrons. The van der Waals surface area contributed by atoms with E-state index in [0.717, 1.165) is 111 Å². The normalized spacial score (nSPS) is 17.3. The Hall–Kier alpha value is -4.77. The van der Waals surface area contributed by atoms with E-state index in [1.807, 2.05) is 59.9 Å². The van der Waals surface area contributed by atoms with E-state index in [4.69, 9.17) is 16.3 Å². The summed E-state index contributed by atoms with van der Waals surface area (Å²) in [6.45, 7) is 12.6. The van der Waals surface area contributed by atoms with Crippen LogP contribution in [0.3, 0.4) is 0 Å². The zero-order valence-corrected chi connectivity index (χ0v) is 37.0. The van der Waals surface area contributed by atoms with Crippen molar-refractivity contribution >= 4 is 71.7 Å². The molecule has 3 aliphatic rings. The molecule has 13 nitrogen and oxygen atoms in total. The summed E-state index contributed by atoms with van der Waals surface area (Å²) in [5.41, 5.74) is 6.41.